The van der Waals surface area contributed by atoms with Gasteiger partial charge in [-0.3, -0.25) is 4.79 Å². The van der Waals surface area contributed by atoms with E-state index in [2.05, 4.69) is 4.98 Å². The predicted octanol–water partition coefficient (Wildman–Crippen LogP) is 2.68. The molecule has 0 amide bonds. The molecule has 0 atom stereocenters. The largest absolute Gasteiger partial charge is 0.495 e. The highest BCUT2D eigenvalue weighted by atomic mass is 35.5. The number of methoxy groups -OCH3 is 1. The Morgan fingerprint density at radius 2 is 2.36 bits per heavy atom. The molecule has 0 N–H and O–H groups in total. The molecule has 72 valence electrons. The number of hydrogen-bond donors (Lipinski definition) is 0. The van der Waals surface area contributed by atoms with Gasteiger partial charge in [-0.15, -0.1) is 11.3 Å². The van der Waals surface area contributed by atoms with Crippen LogP contribution in [-0.2, 0) is 0 Å². The summed E-state index contributed by atoms with van der Waals surface area (Å²) in [5.74, 6) is 0.712. The maximum absolute atomic E-state index is 10.9. The molecule has 0 unspecified atom stereocenters. The standard InChI is InChI=1S/C9H6ClNO2S/c1-13-6-4-2-3-5-7(6)14-9(11-5)8(10)12/h2-4H,1H3. The zero-order chi connectivity index (χ0) is 10.1. The molecule has 3 nitrogen and oxygen atoms in total. The molecule has 1 heterocycles. The lowest BCUT2D eigenvalue weighted by Gasteiger charge is -1.97. The number of nitrogens with zero attached hydrogens (tertiary/aromatic N) is 1. The number of aromatic nitrogens is 1. The van der Waals surface area contributed by atoms with Crippen molar-refractivity contribution in [2.75, 3.05) is 7.11 Å². The molecule has 0 saturated heterocycles. The van der Waals surface area contributed by atoms with Crippen LogP contribution in [0.5, 0.6) is 5.75 Å². The van der Waals surface area contributed by atoms with Crippen molar-refractivity contribution in [1.29, 1.82) is 0 Å². The third-order valence-electron chi connectivity index (χ3n) is 1.77. The Kier molecular flexibility index (Phi) is 2.39. The summed E-state index contributed by atoms with van der Waals surface area (Å²) in [5.41, 5.74) is 0.735. The maximum atomic E-state index is 10.9. The van der Waals surface area contributed by atoms with Crippen molar-refractivity contribution < 1.29 is 9.53 Å². The molecule has 0 fully saturated rings. The van der Waals surface area contributed by atoms with Crippen LogP contribution in [0.2, 0.25) is 0 Å². The van der Waals surface area contributed by atoms with E-state index in [0.717, 1.165) is 10.2 Å². The Morgan fingerprint density at radius 3 is 3.00 bits per heavy atom. The SMILES string of the molecule is COc1cccc2nc(C(=O)Cl)sc12. The van der Waals surface area contributed by atoms with E-state index in [0.29, 0.717) is 10.8 Å². The smallest absolute Gasteiger partial charge is 0.281 e. The second kappa shape index (κ2) is 3.55. The van der Waals surface area contributed by atoms with Crippen molar-refractivity contribution in [3.8, 4) is 5.75 Å². The minimum absolute atomic E-state index is 0.297. The molecular formula is C9H6ClNO2S. The van der Waals surface area contributed by atoms with Crippen molar-refractivity contribution in [1.82, 2.24) is 4.98 Å². The molecule has 0 aliphatic heterocycles. The Balaban J connectivity index is 2.70. The van der Waals surface area contributed by atoms with Crippen LogP contribution in [0, 0.1) is 0 Å². The molecule has 0 spiro atoms. The maximum Gasteiger partial charge on any atom is 0.281 e. The molecule has 0 saturated carbocycles. The lowest BCUT2D eigenvalue weighted by molar-refractivity contribution is 0.108. The summed E-state index contributed by atoms with van der Waals surface area (Å²) in [6.45, 7) is 0. The van der Waals surface area contributed by atoms with E-state index >= 15 is 0 Å². The van der Waals surface area contributed by atoms with Gasteiger partial charge in [0.05, 0.1) is 17.3 Å². The molecular weight excluding hydrogens is 222 g/mol. The molecule has 0 bridgehead atoms. The highest BCUT2D eigenvalue weighted by molar-refractivity contribution is 7.22. The highest BCUT2D eigenvalue weighted by Crippen LogP contribution is 2.31. The van der Waals surface area contributed by atoms with Crippen LogP contribution in [0.4, 0.5) is 0 Å². The van der Waals surface area contributed by atoms with Gasteiger partial charge in [-0.2, -0.15) is 0 Å². The second-order valence-electron chi connectivity index (χ2n) is 2.60. The number of halogens is 1. The Hall–Kier alpha value is -1.13. The van der Waals surface area contributed by atoms with Crippen LogP contribution in [0.3, 0.4) is 0 Å². The first-order valence-electron chi connectivity index (χ1n) is 3.85. The lowest BCUT2D eigenvalue weighted by atomic mass is 10.3. The highest BCUT2D eigenvalue weighted by Gasteiger charge is 2.11. The number of fused-ring (bicyclic) bond motifs is 1. The van der Waals surface area contributed by atoms with E-state index in [1.165, 1.54) is 11.3 Å². The third kappa shape index (κ3) is 1.47. The van der Waals surface area contributed by atoms with Crippen molar-refractivity contribution in [2.45, 2.75) is 0 Å². The van der Waals surface area contributed by atoms with Gasteiger partial charge in [0.25, 0.3) is 5.24 Å². The number of hydrogen-bond acceptors (Lipinski definition) is 4. The zero-order valence-corrected chi connectivity index (χ0v) is 8.85. The number of benzene rings is 1. The molecule has 0 aliphatic rings. The summed E-state index contributed by atoms with van der Waals surface area (Å²) in [5, 5.41) is -0.237. The van der Waals surface area contributed by atoms with Gasteiger partial charge in [-0.1, -0.05) is 6.07 Å². The van der Waals surface area contributed by atoms with Gasteiger partial charge in [0.1, 0.15) is 5.75 Å². The van der Waals surface area contributed by atoms with Gasteiger partial charge >= 0.3 is 0 Å². The molecule has 2 aromatic rings. The fourth-order valence-corrected chi connectivity index (χ4v) is 2.21. The molecule has 1 aromatic carbocycles. The van der Waals surface area contributed by atoms with Gasteiger partial charge in [0.15, 0.2) is 5.01 Å². The summed E-state index contributed by atoms with van der Waals surface area (Å²) in [7, 11) is 1.58. The van der Waals surface area contributed by atoms with E-state index in [4.69, 9.17) is 16.3 Å². The first-order valence-corrected chi connectivity index (χ1v) is 5.05. The van der Waals surface area contributed by atoms with Gasteiger partial charge in [0, 0.05) is 0 Å². The van der Waals surface area contributed by atoms with E-state index in [1.807, 2.05) is 18.2 Å². The fraction of sp³-hybridized carbons (Fsp3) is 0.111. The fourth-order valence-electron chi connectivity index (χ4n) is 1.17. The summed E-state index contributed by atoms with van der Waals surface area (Å²) in [6, 6.07) is 5.46. The second-order valence-corrected chi connectivity index (χ2v) is 3.94. The van der Waals surface area contributed by atoms with E-state index in [9.17, 15) is 4.79 Å². The van der Waals surface area contributed by atoms with Gasteiger partial charge in [-0.05, 0) is 23.7 Å². The summed E-state index contributed by atoms with van der Waals surface area (Å²) in [4.78, 5) is 15.0. The molecule has 2 rings (SSSR count). The third-order valence-corrected chi connectivity index (χ3v) is 3.14. The Labute approximate surface area is 89.3 Å². The predicted molar refractivity (Wildman–Crippen MR) is 56.4 cm³/mol. The van der Waals surface area contributed by atoms with Crippen LogP contribution in [-0.4, -0.2) is 17.3 Å². The average molecular weight is 228 g/mol. The normalized spacial score (nSPS) is 10.4. The van der Waals surface area contributed by atoms with Crippen molar-refractivity contribution in [2.24, 2.45) is 0 Å². The Morgan fingerprint density at radius 1 is 1.57 bits per heavy atom. The first-order chi connectivity index (χ1) is 6.72. The molecule has 0 aliphatic carbocycles. The Bertz CT molecular complexity index is 495. The van der Waals surface area contributed by atoms with E-state index in [1.54, 1.807) is 7.11 Å². The summed E-state index contributed by atoms with van der Waals surface area (Å²) in [6.07, 6.45) is 0. The minimum atomic E-state index is -0.534. The number of ether oxygens (including phenoxy) is 1. The topological polar surface area (TPSA) is 39.2 Å². The minimum Gasteiger partial charge on any atom is -0.495 e. The quantitative estimate of drug-likeness (QED) is 0.741. The van der Waals surface area contributed by atoms with Crippen LogP contribution in [0.25, 0.3) is 10.2 Å². The van der Waals surface area contributed by atoms with Crippen molar-refractivity contribution >= 4 is 38.4 Å². The van der Waals surface area contributed by atoms with Crippen molar-refractivity contribution in [3.63, 3.8) is 0 Å². The summed E-state index contributed by atoms with van der Waals surface area (Å²) >= 11 is 6.58. The van der Waals surface area contributed by atoms with Crippen LogP contribution >= 0.6 is 22.9 Å². The average Bonchev–Trinajstić information content (AvgIpc) is 2.60. The number of thiazole rings is 1. The van der Waals surface area contributed by atoms with Crippen LogP contribution in [0.1, 0.15) is 9.80 Å². The summed E-state index contributed by atoms with van der Waals surface area (Å²) < 4.78 is 5.98. The molecule has 14 heavy (non-hydrogen) atoms. The van der Waals surface area contributed by atoms with E-state index < -0.39 is 5.24 Å². The van der Waals surface area contributed by atoms with Crippen LogP contribution < -0.4 is 4.74 Å². The molecule has 0 radical (unpaired) electrons. The van der Waals surface area contributed by atoms with Crippen LogP contribution in [0.15, 0.2) is 18.2 Å². The van der Waals surface area contributed by atoms with Gasteiger partial charge < -0.3 is 4.74 Å². The zero-order valence-electron chi connectivity index (χ0n) is 7.28. The van der Waals surface area contributed by atoms with Gasteiger partial charge in [-0.25, -0.2) is 4.98 Å². The van der Waals surface area contributed by atoms with Crippen molar-refractivity contribution in [3.05, 3.63) is 23.2 Å². The lowest BCUT2D eigenvalue weighted by Crippen LogP contribution is -1.84. The molecule has 5 heteroatoms. The first kappa shape index (κ1) is 9.43. The molecule has 1 aromatic heterocycles. The van der Waals surface area contributed by atoms with Gasteiger partial charge in [0.2, 0.25) is 0 Å². The number of rotatable bonds is 2. The van der Waals surface area contributed by atoms with E-state index in [-0.39, 0.29) is 0 Å². The number of carbonyl (C=O) groups excluding carboxylic acids is 1. The monoisotopic (exact) mass is 227 g/mol. The number of carbonyl (C=O) groups is 1.